The van der Waals surface area contributed by atoms with Crippen molar-refractivity contribution < 1.29 is 19.8 Å². The van der Waals surface area contributed by atoms with Crippen molar-refractivity contribution in [3.05, 3.63) is 82.9 Å². The molecule has 26 heavy (non-hydrogen) atoms. The molecule has 2 N–H and O–H groups in total. The largest absolute Gasteiger partial charge is 0.478 e. The third kappa shape index (κ3) is 9.98. The Kier molecular flexibility index (Phi) is 10.6. The van der Waals surface area contributed by atoms with Crippen molar-refractivity contribution in [1.29, 1.82) is 10.5 Å². The predicted octanol–water partition coefficient (Wildman–Crippen LogP) is 3.98. The highest BCUT2D eigenvalue weighted by Gasteiger charge is 1.99. The maximum absolute atomic E-state index is 10.3. The molecule has 6 nitrogen and oxygen atoms in total. The van der Waals surface area contributed by atoms with Crippen LogP contribution >= 0.6 is 0 Å². The van der Waals surface area contributed by atoms with Crippen LogP contribution in [-0.2, 0) is 0 Å². The summed E-state index contributed by atoms with van der Waals surface area (Å²) in [5, 5.41) is 32.4. The number of carboxylic acid groups (broad SMARTS) is 2. The van der Waals surface area contributed by atoms with Gasteiger partial charge in [0, 0.05) is 12.2 Å². The monoisotopic (exact) mass is 350 g/mol. The minimum Gasteiger partial charge on any atom is -0.478 e. The molecule has 0 aromatic heterocycles. The first-order valence-electron chi connectivity index (χ1n) is 7.36. The Bertz CT molecular complexity index is 753. The van der Waals surface area contributed by atoms with Crippen LogP contribution < -0.4 is 0 Å². The van der Waals surface area contributed by atoms with Crippen molar-refractivity contribution >= 4 is 11.9 Å². The van der Waals surface area contributed by atoms with Crippen LogP contribution in [0.15, 0.2) is 60.7 Å². The van der Waals surface area contributed by atoms with Crippen molar-refractivity contribution in [3.8, 4) is 12.1 Å². The molecule has 0 fully saturated rings. The number of nitrogens with zero attached hydrogens (tertiary/aromatic N) is 2. The Morgan fingerprint density at radius 2 is 1.00 bits per heavy atom. The highest BCUT2D eigenvalue weighted by Crippen LogP contribution is 2.02. The van der Waals surface area contributed by atoms with Gasteiger partial charge in [-0.25, -0.2) is 9.59 Å². The molecule has 0 atom stereocenters. The fourth-order valence-corrected chi connectivity index (χ4v) is 1.47. The number of nitriles is 2. The SMILES string of the molecule is Cc1ccc(C(=O)O)cc1.Cc1ccc(C(=O)O)cc1.N#CC=CC#N. The van der Waals surface area contributed by atoms with Gasteiger partial charge in [-0.1, -0.05) is 35.4 Å². The van der Waals surface area contributed by atoms with Crippen LogP contribution in [0.4, 0.5) is 0 Å². The first-order valence-corrected chi connectivity index (χ1v) is 7.36. The summed E-state index contributed by atoms with van der Waals surface area (Å²) in [6.07, 6.45) is 2.25. The minimum absolute atomic E-state index is 0.339. The summed E-state index contributed by atoms with van der Waals surface area (Å²) in [7, 11) is 0. The van der Waals surface area contributed by atoms with Gasteiger partial charge >= 0.3 is 11.9 Å². The van der Waals surface area contributed by atoms with Gasteiger partial charge < -0.3 is 10.2 Å². The second-order valence-corrected chi connectivity index (χ2v) is 4.93. The molecule has 2 rings (SSSR count). The first-order chi connectivity index (χ1) is 12.3. The zero-order chi connectivity index (χ0) is 19.9. The number of rotatable bonds is 2. The maximum atomic E-state index is 10.3. The Morgan fingerprint density at radius 1 is 0.731 bits per heavy atom. The molecule has 0 aliphatic heterocycles. The molecule has 0 saturated heterocycles. The van der Waals surface area contributed by atoms with Crippen LogP contribution in [0.3, 0.4) is 0 Å². The number of aromatic carboxylic acids is 2. The lowest BCUT2D eigenvalue weighted by molar-refractivity contribution is 0.0686. The number of benzene rings is 2. The Labute approximate surface area is 151 Å². The summed E-state index contributed by atoms with van der Waals surface area (Å²) >= 11 is 0. The van der Waals surface area contributed by atoms with Gasteiger partial charge in [0.05, 0.1) is 23.3 Å². The molecule has 2 aromatic carbocycles. The lowest BCUT2D eigenvalue weighted by Gasteiger charge is -1.92. The number of hydrogen-bond acceptors (Lipinski definition) is 4. The highest BCUT2D eigenvalue weighted by molar-refractivity contribution is 5.87. The van der Waals surface area contributed by atoms with Crippen LogP contribution in [0.5, 0.6) is 0 Å². The minimum atomic E-state index is -0.875. The molecule has 0 aliphatic rings. The van der Waals surface area contributed by atoms with Gasteiger partial charge in [0.25, 0.3) is 0 Å². The van der Waals surface area contributed by atoms with E-state index in [1.165, 1.54) is 0 Å². The lowest BCUT2D eigenvalue weighted by atomic mass is 10.2. The van der Waals surface area contributed by atoms with Crippen molar-refractivity contribution in [3.63, 3.8) is 0 Å². The molecule has 0 saturated carbocycles. The van der Waals surface area contributed by atoms with E-state index in [2.05, 4.69) is 0 Å². The third-order valence-corrected chi connectivity index (χ3v) is 2.83. The lowest BCUT2D eigenvalue weighted by Crippen LogP contribution is -1.94. The third-order valence-electron chi connectivity index (χ3n) is 2.83. The number of allylic oxidation sites excluding steroid dienone is 2. The van der Waals surface area contributed by atoms with E-state index in [-0.39, 0.29) is 0 Å². The topological polar surface area (TPSA) is 122 Å². The second kappa shape index (κ2) is 12.5. The van der Waals surface area contributed by atoms with Gasteiger partial charge in [0.15, 0.2) is 0 Å². The van der Waals surface area contributed by atoms with Crippen molar-refractivity contribution in [2.75, 3.05) is 0 Å². The molecule has 0 aliphatic carbocycles. The molecule has 0 unspecified atom stereocenters. The Balaban J connectivity index is 0.000000375. The van der Waals surface area contributed by atoms with Crippen LogP contribution in [0.1, 0.15) is 31.8 Å². The summed E-state index contributed by atoms with van der Waals surface area (Å²) in [5.41, 5.74) is 2.83. The summed E-state index contributed by atoms with van der Waals surface area (Å²) in [6.45, 7) is 3.84. The zero-order valence-electron chi connectivity index (χ0n) is 14.4. The normalized spacial score (nSPS) is 8.77. The quantitative estimate of drug-likeness (QED) is 0.790. The van der Waals surface area contributed by atoms with E-state index in [4.69, 9.17) is 20.7 Å². The molecular formula is C20H18N2O4. The van der Waals surface area contributed by atoms with E-state index in [9.17, 15) is 9.59 Å². The van der Waals surface area contributed by atoms with Crippen LogP contribution in [0.25, 0.3) is 0 Å². The second-order valence-electron chi connectivity index (χ2n) is 4.93. The average molecular weight is 350 g/mol. The molecule has 0 heterocycles. The molecule has 0 bridgehead atoms. The van der Waals surface area contributed by atoms with E-state index < -0.39 is 11.9 Å². The first kappa shape index (κ1) is 22.1. The average Bonchev–Trinajstić information content (AvgIpc) is 2.62. The summed E-state index contributed by atoms with van der Waals surface area (Å²) < 4.78 is 0. The molecule has 6 heteroatoms. The number of aryl methyl sites for hydroxylation is 2. The Morgan fingerprint density at radius 3 is 1.19 bits per heavy atom. The number of carbonyl (C=O) groups is 2. The summed E-state index contributed by atoms with van der Waals surface area (Å²) in [5.74, 6) is -1.75. The zero-order valence-corrected chi connectivity index (χ0v) is 14.4. The molecular weight excluding hydrogens is 332 g/mol. The van der Waals surface area contributed by atoms with Crippen LogP contribution in [0.2, 0.25) is 0 Å². The molecule has 0 spiro atoms. The maximum Gasteiger partial charge on any atom is 0.335 e. The van der Waals surface area contributed by atoms with Gasteiger partial charge in [-0.15, -0.1) is 0 Å². The fourth-order valence-electron chi connectivity index (χ4n) is 1.47. The van der Waals surface area contributed by atoms with Gasteiger partial charge in [0.2, 0.25) is 0 Å². The van der Waals surface area contributed by atoms with E-state index in [1.807, 2.05) is 13.8 Å². The van der Waals surface area contributed by atoms with Crippen LogP contribution in [0, 0.1) is 36.5 Å². The van der Waals surface area contributed by atoms with E-state index in [0.717, 1.165) is 23.3 Å². The summed E-state index contributed by atoms with van der Waals surface area (Å²) in [6, 6.07) is 16.8. The standard InChI is InChI=1S/2C8H8O2.C4H2N2/c2*1-6-2-4-7(5-3-6)8(9)10;5-3-1-2-4-6/h2*2-5H,1H3,(H,9,10);1-2H. The molecule has 2 aromatic rings. The number of carboxylic acids is 2. The van der Waals surface area contributed by atoms with Crippen molar-refractivity contribution in [1.82, 2.24) is 0 Å². The fraction of sp³-hybridized carbons (Fsp3) is 0.100. The van der Waals surface area contributed by atoms with E-state index in [1.54, 1.807) is 60.7 Å². The summed E-state index contributed by atoms with van der Waals surface area (Å²) in [4.78, 5) is 20.6. The van der Waals surface area contributed by atoms with Gasteiger partial charge in [0.1, 0.15) is 0 Å². The van der Waals surface area contributed by atoms with Gasteiger partial charge in [-0.2, -0.15) is 10.5 Å². The van der Waals surface area contributed by atoms with Gasteiger partial charge in [-0.3, -0.25) is 0 Å². The van der Waals surface area contributed by atoms with Crippen molar-refractivity contribution in [2.24, 2.45) is 0 Å². The smallest absolute Gasteiger partial charge is 0.335 e. The molecule has 132 valence electrons. The molecule has 0 radical (unpaired) electrons. The van der Waals surface area contributed by atoms with E-state index in [0.29, 0.717) is 11.1 Å². The predicted molar refractivity (Wildman–Crippen MR) is 96.6 cm³/mol. The van der Waals surface area contributed by atoms with Gasteiger partial charge in [-0.05, 0) is 38.1 Å². The van der Waals surface area contributed by atoms with E-state index >= 15 is 0 Å². The van der Waals surface area contributed by atoms with Crippen molar-refractivity contribution in [2.45, 2.75) is 13.8 Å². The Hall–Kier alpha value is -3.90. The van der Waals surface area contributed by atoms with Crippen LogP contribution in [-0.4, -0.2) is 22.2 Å². The number of hydrogen-bond donors (Lipinski definition) is 2. The molecule has 0 amide bonds. The highest BCUT2D eigenvalue weighted by atomic mass is 16.4.